The summed E-state index contributed by atoms with van der Waals surface area (Å²) in [6, 6.07) is 17.2. The number of hydrogen-bond acceptors (Lipinski definition) is 0. The molecule has 0 radical (unpaired) electrons. The predicted molar refractivity (Wildman–Crippen MR) is 90.2 cm³/mol. The van der Waals surface area contributed by atoms with Crippen molar-refractivity contribution in [1.82, 2.24) is 0 Å². The first kappa shape index (κ1) is 19.1. The van der Waals surface area contributed by atoms with Gasteiger partial charge in [-0.1, -0.05) is 33.4 Å². The van der Waals surface area contributed by atoms with Crippen LogP contribution in [0.5, 0.6) is 0 Å². The second kappa shape index (κ2) is 10.8. The largest absolute Gasteiger partial charge is 0.747 e. The van der Waals surface area contributed by atoms with Crippen molar-refractivity contribution in [1.29, 1.82) is 0 Å². The van der Waals surface area contributed by atoms with Crippen LogP contribution in [0.25, 0.3) is 0 Å². The fraction of sp³-hybridized carbons (Fsp3) is 0.375. The first-order valence-corrected chi connectivity index (χ1v) is 8.70. The van der Waals surface area contributed by atoms with Crippen molar-refractivity contribution in [2.75, 3.05) is 0 Å². The molecule has 0 amide bonds. The van der Waals surface area contributed by atoms with E-state index >= 15 is 0 Å². The van der Waals surface area contributed by atoms with Crippen LogP contribution in [0.2, 0.25) is 0 Å². The number of rotatable bonds is 4. The van der Waals surface area contributed by atoms with Gasteiger partial charge >= 0.3 is 0 Å². The Hall–Kier alpha value is 0.0795. The zero-order chi connectivity index (χ0) is 13.4. The van der Waals surface area contributed by atoms with Gasteiger partial charge < -0.3 is 38.2 Å². The van der Waals surface area contributed by atoms with Crippen LogP contribution in [0, 0.1) is 0 Å². The summed E-state index contributed by atoms with van der Waals surface area (Å²) in [4.78, 5) is 0. The van der Waals surface area contributed by atoms with Crippen molar-refractivity contribution >= 4 is 27.8 Å². The monoisotopic (exact) mass is 334 g/mol. The minimum absolute atomic E-state index is 0. The van der Waals surface area contributed by atoms with Gasteiger partial charge in [-0.3, -0.25) is 0 Å². The molecule has 0 saturated heterocycles. The average Bonchev–Trinajstić information content (AvgIpc) is 2.90. The van der Waals surface area contributed by atoms with Crippen LogP contribution < -0.4 is 10.6 Å². The average molecular weight is 334 g/mol. The SMILES string of the molecule is CC(C)P[c-]1[cH-][cH-][cH-][cH-]1.CC(C)P[c-]1cccc1.[Fe]. The second-order valence-corrected chi connectivity index (χ2v) is 8.99. The van der Waals surface area contributed by atoms with Crippen molar-refractivity contribution in [2.24, 2.45) is 0 Å². The molecule has 0 aliphatic carbocycles. The molecule has 2 aromatic rings. The van der Waals surface area contributed by atoms with E-state index in [9.17, 15) is 0 Å². The van der Waals surface area contributed by atoms with E-state index in [2.05, 4.69) is 76.2 Å². The Morgan fingerprint density at radius 2 is 1.32 bits per heavy atom. The van der Waals surface area contributed by atoms with Crippen LogP contribution in [0.4, 0.5) is 0 Å². The third-order valence-electron chi connectivity index (χ3n) is 2.24. The Bertz CT molecular complexity index is 348. The Morgan fingerprint density at radius 3 is 1.74 bits per heavy atom. The molecule has 0 fully saturated rings. The van der Waals surface area contributed by atoms with Crippen molar-refractivity contribution in [3.63, 3.8) is 0 Å². The third-order valence-corrected chi connectivity index (χ3v) is 4.72. The van der Waals surface area contributed by atoms with E-state index in [1.54, 1.807) is 0 Å². The summed E-state index contributed by atoms with van der Waals surface area (Å²) in [5.74, 6) is 0. The molecule has 0 nitrogen and oxygen atoms in total. The molecule has 0 spiro atoms. The van der Waals surface area contributed by atoms with E-state index in [4.69, 9.17) is 0 Å². The molecule has 0 aliphatic rings. The van der Waals surface area contributed by atoms with Gasteiger partial charge in [-0.2, -0.15) is 12.1 Å². The molecule has 0 saturated carbocycles. The molecular weight excluding hydrogens is 310 g/mol. The Kier molecular flexibility index (Phi) is 10.9. The van der Waals surface area contributed by atoms with Gasteiger partial charge in [0.25, 0.3) is 0 Å². The summed E-state index contributed by atoms with van der Waals surface area (Å²) in [6.45, 7) is 9.02. The topological polar surface area (TPSA) is 0 Å². The van der Waals surface area contributed by atoms with Gasteiger partial charge in [0.05, 0.1) is 0 Å². The van der Waals surface area contributed by atoms with E-state index in [1.807, 2.05) is 0 Å². The van der Waals surface area contributed by atoms with Gasteiger partial charge in [0.2, 0.25) is 0 Å². The summed E-state index contributed by atoms with van der Waals surface area (Å²) in [5, 5.41) is 2.98. The quantitative estimate of drug-likeness (QED) is 0.446. The van der Waals surface area contributed by atoms with Crippen LogP contribution in [0.1, 0.15) is 27.7 Å². The summed E-state index contributed by atoms with van der Waals surface area (Å²) in [7, 11) is 1.97. The molecule has 0 aliphatic heterocycles. The van der Waals surface area contributed by atoms with Gasteiger partial charge in [-0.15, -0.1) is 13.9 Å². The molecule has 2 rings (SSSR count). The van der Waals surface area contributed by atoms with Crippen LogP contribution in [0.3, 0.4) is 0 Å². The Labute approximate surface area is 132 Å². The molecule has 112 valence electrons. The first-order chi connectivity index (χ1) is 8.58. The van der Waals surface area contributed by atoms with E-state index in [0.717, 1.165) is 28.5 Å². The Morgan fingerprint density at radius 1 is 0.842 bits per heavy atom. The predicted octanol–water partition coefficient (Wildman–Crippen LogP) is 4.23. The standard InChI is InChI=1S/2C8H12P.Fe/c2*1-7(2)9-8-5-3-4-6-8;/h2*3-7,9H,1-2H3;/q-5;-1;. The molecule has 0 N–H and O–H groups in total. The molecule has 3 heteroatoms. The smallest absolute Gasteiger partial charge is 0 e. The van der Waals surface area contributed by atoms with Gasteiger partial charge in [0.1, 0.15) is 0 Å². The molecule has 2 aromatic carbocycles. The van der Waals surface area contributed by atoms with Crippen LogP contribution in [0.15, 0.2) is 48.5 Å². The molecule has 2 atom stereocenters. The molecule has 0 bridgehead atoms. The summed E-state index contributed by atoms with van der Waals surface area (Å²) >= 11 is 0. The van der Waals surface area contributed by atoms with E-state index in [-0.39, 0.29) is 17.1 Å². The van der Waals surface area contributed by atoms with Gasteiger partial charge in [-0.05, 0) is 5.66 Å². The van der Waals surface area contributed by atoms with Gasteiger partial charge in [-0.25, -0.2) is 12.1 Å². The van der Waals surface area contributed by atoms with E-state index in [0.29, 0.717) is 0 Å². The molecule has 0 heterocycles. The van der Waals surface area contributed by atoms with Crippen molar-refractivity contribution in [3.8, 4) is 0 Å². The first-order valence-electron chi connectivity index (χ1n) is 6.54. The Balaban J connectivity index is 0.000000324. The summed E-state index contributed by atoms with van der Waals surface area (Å²) in [6.07, 6.45) is 0. The second-order valence-electron chi connectivity index (χ2n) is 4.95. The van der Waals surface area contributed by atoms with Crippen molar-refractivity contribution in [2.45, 2.75) is 39.0 Å². The maximum atomic E-state index is 2.26. The van der Waals surface area contributed by atoms with Crippen molar-refractivity contribution < 1.29 is 17.1 Å². The molecule has 2 unspecified atom stereocenters. The normalized spacial score (nSPS) is 11.3. The maximum Gasteiger partial charge on any atom is 0 e. The van der Waals surface area contributed by atoms with Gasteiger partial charge in [0.15, 0.2) is 0 Å². The van der Waals surface area contributed by atoms with Crippen LogP contribution >= 0.6 is 17.2 Å². The van der Waals surface area contributed by atoms with E-state index in [1.165, 1.54) is 10.6 Å². The fourth-order valence-corrected chi connectivity index (χ4v) is 3.71. The van der Waals surface area contributed by atoms with Gasteiger partial charge in [0, 0.05) is 17.1 Å². The van der Waals surface area contributed by atoms with E-state index < -0.39 is 0 Å². The maximum absolute atomic E-state index is 2.26. The van der Waals surface area contributed by atoms with Crippen LogP contribution in [-0.4, -0.2) is 11.3 Å². The summed E-state index contributed by atoms with van der Waals surface area (Å²) in [5.41, 5.74) is 1.62. The minimum atomic E-state index is 0. The summed E-state index contributed by atoms with van der Waals surface area (Å²) < 4.78 is 0. The minimum Gasteiger partial charge on any atom is -0.747 e. The van der Waals surface area contributed by atoms with Crippen LogP contribution in [-0.2, 0) is 17.1 Å². The van der Waals surface area contributed by atoms with Crippen molar-refractivity contribution in [3.05, 3.63) is 48.5 Å². The zero-order valence-electron chi connectivity index (χ0n) is 12.1. The molecular formula is C16H24FeP2-6. The zero-order valence-corrected chi connectivity index (χ0v) is 15.2. The number of hydrogen-bond donors (Lipinski definition) is 0. The fourth-order valence-electron chi connectivity index (χ4n) is 1.61. The third kappa shape index (κ3) is 9.59. The molecule has 0 aromatic heterocycles. The molecule has 19 heavy (non-hydrogen) atoms.